The van der Waals surface area contributed by atoms with Gasteiger partial charge in [-0.15, -0.1) is 0 Å². The zero-order valence-corrected chi connectivity index (χ0v) is 9.70. The van der Waals surface area contributed by atoms with Gasteiger partial charge in [0.15, 0.2) is 0 Å². The summed E-state index contributed by atoms with van der Waals surface area (Å²) in [5.74, 6) is 0.993. The molecule has 0 aliphatic carbocycles. The van der Waals surface area contributed by atoms with Crippen LogP contribution in [0.2, 0.25) is 0 Å². The maximum Gasteiger partial charge on any atom is 0.124 e. The molecule has 0 bridgehead atoms. The van der Waals surface area contributed by atoms with Crippen molar-refractivity contribution in [3.63, 3.8) is 0 Å². The van der Waals surface area contributed by atoms with Crippen LogP contribution >= 0.6 is 0 Å². The second-order valence-electron chi connectivity index (χ2n) is 4.26. The quantitative estimate of drug-likeness (QED) is 0.817. The van der Waals surface area contributed by atoms with E-state index in [0.29, 0.717) is 12.6 Å². The van der Waals surface area contributed by atoms with E-state index in [2.05, 4.69) is 30.4 Å². The van der Waals surface area contributed by atoms with Crippen LogP contribution in [0.3, 0.4) is 0 Å². The summed E-state index contributed by atoms with van der Waals surface area (Å²) >= 11 is 0. The second kappa shape index (κ2) is 5.32. The highest BCUT2D eigenvalue weighted by Crippen LogP contribution is 2.31. The van der Waals surface area contributed by atoms with Crippen molar-refractivity contribution >= 4 is 0 Å². The Kier molecular flexibility index (Phi) is 3.80. The summed E-state index contributed by atoms with van der Waals surface area (Å²) in [5.41, 5.74) is 2.44. The lowest BCUT2D eigenvalue weighted by atomic mass is 10.0. The molecule has 2 rings (SSSR count). The molecule has 0 fully saturated rings. The molecular formula is C13H19NO2. The first-order valence-electron chi connectivity index (χ1n) is 5.89. The molecule has 0 saturated carbocycles. The summed E-state index contributed by atoms with van der Waals surface area (Å²) in [6.45, 7) is 3.68. The first-order chi connectivity index (χ1) is 7.81. The Bertz CT molecular complexity index is 352. The lowest BCUT2D eigenvalue weighted by Crippen LogP contribution is -2.24. The zero-order chi connectivity index (χ0) is 11.4. The number of aryl methyl sites for hydroxylation is 1. The molecule has 0 aromatic heterocycles. The Morgan fingerprint density at radius 3 is 3.19 bits per heavy atom. The lowest BCUT2D eigenvalue weighted by Gasteiger charge is -2.18. The van der Waals surface area contributed by atoms with Crippen LogP contribution in [0.15, 0.2) is 18.2 Å². The average molecular weight is 221 g/mol. The van der Waals surface area contributed by atoms with Crippen LogP contribution in [0.25, 0.3) is 0 Å². The highest BCUT2D eigenvalue weighted by atomic mass is 16.5. The fourth-order valence-corrected chi connectivity index (χ4v) is 2.13. The Labute approximate surface area is 96.4 Å². The SMILES string of the molecule is Cc1ccc2c(c1)OCCCC2NCCO. The van der Waals surface area contributed by atoms with Crippen LogP contribution in [0.1, 0.15) is 30.0 Å². The first-order valence-corrected chi connectivity index (χ1v) is 5.89. The minimum Gasteiger partial charge on any atom is -0.493 e. The van der Waals surface area contributed by atoms with Gasteiger partial charge in [0.25, 0.3) is 0 Å². The molecule has 3 nitrogen and oxygen atoms in total. The van der Waals surface area contributed by atoms with Gasteiger partial charge in [0.1, 0.15) is 5.75 Å². The maximum absolute atomic E-state index is 8.87. The summed E-state index contributed by atoms with van der Waals surface area (Å²) in [7, 11) is 0. The van der Waals surface area contributed by atoms with E-state index < -0.39 is 0 Å². The highest BCUT2D eigenvalue weighted by molar-refractivity contribution is 5.39. The van der Waals surface area contributed by atoms with E-state index in [9.17, 15) is 0 Å². The van der Waals surface area contributed by atoms with Gasteiger partial charge in [-0.3, -0.25) is 0 Å². The van der Waals surface area contributed by atoms with E-state index in [-0.39, 0.29) is 6.61 Å². The third-order valence-electron chi connectivity index (χ3n) is 2.94. The van der Waals surface area contributed by atoms with Gasteiger partial charge >= 0.3 is 0 Å². The number of fused-ring (bicyclic) bond motifs is 1. The molecule has 0 radical (unpaired) electrons. The Morgan fingerprint density at radius 2 is 2.38 bits per heavy atom. The monoisotopic (exact) mass is 221 g/mol. The number of hydrogen-bond acceptors (Lipinski definition) is 3. The largest absolute Gasteiger partial charge is 0.493 e. The normalized spacial score (nSPS) is 19.8. The second-order valence-corrected chi connectivity index (χ2v) is 4.26. The van der Waals surface area contributed by atoms with Crippen molar-refractivity contribution in [3.05, 3.63) is 29.3 Å². The maximum atomic E-state index is 8.87. The zero-order valence-electron chi connectivity index (χ0n) is 9.70. The highest BCUT2D eigenvalue weighted by Gasteiger charge is 2.18. The number of benzene rings is 1. The summed E-state index contributed by atoms with van der Waals surface area (Å²) in [5, 5.41) is 12.2. The van der Waals surface area contributed by atoms with Gasteiger partial charge in [0, 0.05) is 18.2 Å². The predicted molar refractivity (Wildman–Crippen MR) is 63.7 cm³/mol. The standard InChI is InChI=1S/C13H19NO2/c1-10-4-5-11-12(14-6-7-15)3-2-8-16-13(11)9-10/h4-5,9,12,14-15H,2-3,6-8H2,1H3. The number of ether oxygens (including phenoxy) is 1. The van der Waals surface area contributed by atoms with Crippen LogP contribution in [0.4, 0.5) is 0 Å². The summed E-state index contributed by atoms with van der Waals surface area (Å²) in [4.78, 5) is 0. The molecule has 1 aromatic rings. The third kappa shape index (κ3) is 2.54. The molecule has 1 aromatic carbocycles. The van der Waals surface area contributed by atoms with Crippen LogP contribution in [0.5, 0.6) is 5.75 Å². The van der Waals surface area contributed by atoms with Crippen molar-refractivity contribution in [2.75, 3.05) is 19.8 Å². The Balaban J connectivity index is 2.22. The van der Waals surface area contributed by atoms with E-state index in [4.69, 9.17) is 9.84 Å². The van der Waals surface area contributed by atoms with Gasteiger partial charge < -0.3 is 15.2 Å². The molecule has 1 heterocycles. The van der Waals surface area contributed by atoms with Crippen molar-refractivity contribution in [3.8, 4) is 5.75 Å². The fraction of sp³-hybridized carbons (Fsp3) is 0.538. The van der Waals surface area contributed by atoms with E-state index in [1.165, 1.54) is 11.1 Å². The van der Waals surface area contributed by atoms with Crippen LogP contribution in [0, 0.1) is 6.92 Å². The lowest BCUT2D eigenvalue weighted by molar-refractivity contribution is 0.281. The van der Waals surface area contributed by atoms with Gasteiger partial charge in [-0.25, -0.2) is 0 Å². The molecule has 1 aliphatic heterocycles. The van der Waals surface area contributed by atoms with E-state index in [1.807, 2.05) is 0 Å². The van der Waals surface area contributed by atoms with Crippen LogP contribution < -0.4 is 10.1 Å². The Morgan fingerprint density at radius 1 is 1.50 bits per heavy atom. The molecule has 1 aliphatic rings. The number of hydrogen-bond donors (Lipinski definition) is 2. The molecule has 0 spiro atoms. The predicted octanol–water partition coefficient (Wildman–Crippen LogP) is 1.79. The number of aliphatic hydroxyl groups excluding tert-OH is 1. The molecule has 3 heteroatoms. The topological polar surface area (TPSA) is 41.5 Å². The fourth-order valence-electron chi connectivity index (χ4n) is 2.13. The van der Waals surface area contributed by atoms with Crippen molar-refractivity contribution < 1.29 is 9.84 Å². The van der Waals surface area contributed by atoms with Crippen molar-refractivity contribution in [1.29, 1.82) is 0 Å². The third-order valence-corrected chi connectivity index (χ3v) is 2.94. The molecular weight excluding hydrogens is 202 g/mol. The van der Waals surface area contributed by atoms with Gasteiger partial charge in [-0.05, 0) is 31.4 Å². The number of aliphatic hydroxyl groups is 1. The van der Waals surface area contributed by atoms with Gasteiger partial charge in [-0.2, -0.15) is 0 Å². The minimum absolute atomic E-state index is 0.179. The number of rotatable bonds is 3. The Hall–Kier alpha value is -1.06. The molecule has 0 saturated heterocycles. The molecule has 1 atom stereocenters. The summed E-state index contributed by atoms with van der Waals surface area (Å²) in [6.07, 6.45) is 2.12. The molecule has 2 N–H and O–H groups in total. The van der Waals surface area contributed by atoms with E-state index in [1.54, 1.807) is 0 Å². The van der Waals surface area contributed by atoms with Gasteiger partial charge in [0.2, 0.25) is 0 Å². The van der Waals surface area contributed by atoms with E-state index in [0.717, 1.165) is 25.2 Å². The van der Waals surface area contributed by atoms with Crippen molar-refractivity contribution in [2.45, 2.75) is 25.8 Å². The van der Waals surface area contributed by atoms with Gasteiger partial charge in [-0.1, -0.05) is 12.1 Å². The van der Waals surface area contributed by atoms with E-state index >= 15 is 0 Å². The average Bonchev–Trinajstić information content (AvgIpc) is 2.48. The first kappa shape index (κ1) is 11.4. The van der Waals surface area contributed by atoms with Crippen molar-refractivity contribution in [1.82, 2.24) is 5.32 Å². The van der Waals surface area contributed by atoms with Gasteiger partial charge in [0.05, 0.1) is 13.2 Å². The summed E-state index contributed by atoms with van der Waals surface area (Å²) in [6, 6.07) is 6.64. The molecule has 16 heavy (non-hydrogen) atoms. The van der Waals surface area contributed by atoms with Crippen molar-refractivity contribution in [2.24, 2.45) is 0 Å². The molecule has 1 unspecified atom stereocenters. The molecule has 0 amide bonds. The van der Waals surface area contributed by atoms with Crippen LogP contribution in [-0.4, -0.2) is 24.9 Å². The molecule has 88 valence electrons. The summed E-state index contributed by atoms with van der Waals surface area (Å²) < 4.78 is 5.74. The number of nitrogens with one attached hydrogen (secondary N) is 1. The smallest absolute Gasteiger partial charge is 0.124 e. The van der Waals surface area contributed by atoms with Crippen LogP contribution in [-0.2, 0) is 0 Å². The minimum atomic E-state index is 0.179.